The molecule has 0 N–H and O–H groups in total. The zero-order chi connectivity index (χ0) is 14.3. The minimum Gasteiger partial charge on any atom is -0.466 e. The first-order valence-corrected chi connectivity index (χ1v) is 8.05. The van der Waals surface area contributed by atoms with Crippen molar-refractivity contribution in [2.75, 3.05) is 19.7 Å². The van der Waals surface area contributed by atoms with Crippen molar-refractivity contribution in [3.63, 3.8) is 0 Å². The number of hydrogen-bond acceptors (Lipinski definition) is 3. The van der Waals surface area contributed by atoms with Crippen molar-refractivity contribution < 1.29 is 9.53 Å². The average Bonchev–Trinajstić information content (AvgIpc) is 2.40. The fourth-order valence-electron chi connectivity index (χ4n) is 3.95. The summed E-state index contributed by atoms with van der Waals surface area (Å²) in [6.45, 7) is 11.1. The predicted molar refractivity (Wildman–Crippen MR) is 79.2 cm³/mol. The van der Waals surface area contributed by atoms with Crippen LogP contribution in [0.5, 0.6) is 0 Å². The molecule has 1 aliphatic rings. The van der Waals surface area contributed by atoms with Crippen LogP contribution >= 0.6 is 0 Å². The number of hydrogen-bond donors (Lipinski definition) is 0. The normalized spacial score (nSPS) is 27.5. The summed E-state index contributed by atoms with van der Waals surface area (Å²) in [7, 11) is 0. The molecule has 0 aromatic carbocycles. The summed E-state index contributed by atoms with van der Waals surface area (Å²) >= 11 is 0. The van der Waals surface area contributed by atoms with Crippen LogP contribution < -0.4 is 0 Å². The summed E-state index contributed by atoms with van der Waals surface area (Å²) in [6.07, 6.45) is 6.69. The van der Waals surface area contributed by atoms with E-state index in [1.165, 1.54) is 19.3 Å². The van der Waals surface area contributed by atoms with Crippen molar-refractivity contribution in [1.29, 1.82) is 0 Å². The molecular formula is C16H31NO2. The highest BCUT2D eigenvalue weighted by atomic mass is 16.5. The van der Waals surface area contributed by atoms with Gasteiger partial charge in [0.1, 0.15) is 0 Å². The molecule has 0 radical (unpaired) electrons. The van der Waals surface area contributed by atoms with Gasteiger partial charge in [-0.2, -0.15) is 0 Å². The highest BCUT2D eigenvalue weighted by molar-refractivity contribution is 5.71. The van der Waals surface area contributed by atoms with Crippen LogP contribution in [0.1, 0.15) is 66.2 Å². The van der Waals surface area contributed by atoms with E-state index in [1.54, 1.807) is 0 Å². The number of esters is 1. The molecule has 3 nitrogen and oxygen atoms in total. The van der Waals surface area contributed by atoms with E-state index in [1.807, 2.05) is 6.92 Å². The van der Waals surface area contributed by atoms with Crippen LogP contribution in [0.3, 0.4) is 0 Å². The van der Waals surface area contributed by atoms with E-state index < -0.39 is 0 Å². The van der Waals surface area contributed by atoms with Gasteiger partial charge in [-0.25, -0.2) is 0 Å². The first-order chi connectivity index (χ1) is 9.14. The average molecular weight is 269 g/mol. The smallest absolute Gasteiger partial charge is 0.307 e. The zero-order valence-corrected chi connectivity index (χ0v) is 13.2. The lowest BCUT2D eigenvalue weighted by atomic mass is 9.68. The maximum atomic E-state index is 12.1. The third-order valence-corrected chi connectivity index (χ3v) is 4.81. The van der Waals surface area contributed by atoms with Crippen LogP contribution in [-0.2, 0) is 9.53 Å². The van der Waals surface area contributed by atoms with E-state index in [4.69, 9.17) is 4.74 Å². The second-order valence-electron chi connectivity index (χ2n) is 5.61. The van der Waals surface area contributed by atoms with Gasteiger partial charge in [0.25, 0.3) is 0 Å². The second-order valence-corrected chi connectivity index (χ2v) is 5.61. The second kappa shape index (κ2) is 7.88. The molecule has 2 unspecified atom stereocenters. The summed E-state index contributed by atoms with van der Waals surface area (Å²) in [5.41, 5.74) is 0.0444. The van der Waals surface area contributed by atoms with Crippen molar-refractivity contribution in [3.8, 4) is 0 Å². The molecule has 0 aromatic heterocycles. The third kappa shape index (κ3) is 3.71. The molecule has 0 aromatic rings. The number of nitrogens with zero attached hydrogens (tertiary/aromatic N) is 1. The van der Waals surface area contributed by atoms with E-state index in [0.717, 1.165) is 25.9 Å². The van der Waals surface area contributed by atoms with Gasteiger partial charge < -0.3 is 4.74 Å². The number of carbonyl (C=O) groups is 1. The summed E-state index contributed by atoms with van der Waals surface area (Å²) in [5, 5.41) is 0. The van der Waals surface area contributed by atoms with Gasteiger partial charge in [-0.05, 0) is 38.8 Å². The molecule has 0 aliphatic heterocycles. The van der Waals surface area contributed by atoms with Gasteiger partial charge in [-0.15, -0.1) is 0 Å². The van der Waals surface area contributed by atoms with Crippen LogP contribution in [0.2, 0.25) is 0 Å². The topological polar surface area (TPSA) is 29.5 Å². The van der Waals surface area contributed by atoms with E-state index in [0.29, 0.717) is 18.9 Å². The summed E-state index contributed by atoms with van der Waals surface area (Å²) < 4.78 is 5.24. The molecule has 0 spiro atoms. The Labute approximate surface area is 118 Å². The third-order valence-electron chi connectivity index (χ3n) is 4.81. The lowest BCUT2D eigenvalue weighted by molar-refractivity contribution is -0.149. The highest BCUT2D eigenvalue weighted by Crippen LogP contribution is 2.43. The zero-order valence-electron chi connectivity index (χ0n) is 13.2. The Balaban J connectivity index is 2.96. The van der Waals surface area contributed by atoms with Gasteiger partial charge in [0.2, 0.25) is 0 Å². The summed E-state index contributed by atoms with van der Waals surface area (Å²) in [5.74, 6) is 0.611. The summed E-state index contributed by atoms with van der Waals surface area (Å²) in [6, 6.07) is 0. The van der Waals surface area contributed by atoms with Crippen LogP contribution in [-0.4, -0.2) is 36.1 Å². The van der Waals surface area contributed by atoms with Gasteiger partial charge in [0.15, 0.2) is 0 Å². The molecule has 1 fully saturated rings. The molecule has 1 aliphatic carbocycles. The van der Waals surface area contributed by atoms with Crippen LogP contribution in [0, 0.1) is 5.92 Å². The Bertz CT molecular complexity index is 266. The fraction of sp³-hybridized carbons (Fsp3) is 0.938. The molecule has 3 heteroatoms. The number of carbonyl (C=O) groups excluding carboxylic acids is 1. The van der Waals surface area contributed by atoms with Gasteiger partial charge in [0, 0.05) is 5.54 Å². The van der Waals surface area contributed by atoms with Crippen LogP contribution in [0.4, 0.5) is 0 Å². The molecule has 19 heavy (non-hydrogen) atoms. The Morgan fingerprint density at radius 3 is 2.42 bits per heavy atom. The number of rotatable bonds is 7. The standard InChI is InChI=1S/C16H31NO2/c1-5-14-11-9-10-12-16(14,17(6-2)7-3)13-15(18)19-8-4/h14H,5-13H2,1-4H3. The molecule has 0 bridgehead atoms. The molecular weight excluding hydrogens is 238 g/mol. The molecule has 1 rings (SSSR count). The maximum absolute atomic E-state index is 12.1. The van der Waals surface area contributed by atoms with Crippen molar-refractivity contribution in [2.24, 2.45) is 5.92 Å². The minimum absolute atomic E-state index is 0.0188. The van der Waals surface area contributed by atoms with E-state index >= 15 is 0 Å². The van der Waals surface area contributed by atoms with Crippen molar-refractivity contribution >= 4 is 5.97 Å². The van der Waals surface area contributed by atoms with Crippen molar-refractivity contribution in [1.82, 2.24) is 4.90 Å². The van der Waals surface area contributed by atoms with Gasteiger partial charge >= 0.3 is 5.97 Å². The fourth-order valence-corrected chi connectivity index (χ4v) is 3.95. The monoisotopic (exact) mass is 269 g/mol. The van der Waals surface area contributed by atoms with Crippen LogP contribution in [0.15, 0.2) is 0 Å². The Morgan fingerprint density at radius 2 is 1.89 bits per heavy atom. The number of ether oxygens (including phenoxy) is 1. The maximum Gasteiger partial charge on any atom is 0.307 e. The van der Waals surface area contributed by atoms with E-state index in [-0.39, 0.29) is 11.5 Å². The molecule has 112 valence electrons. The van der Waals surface area contributed by atoms with E-state index in [2.05, 4.69) is 25.7 Å². The predicted octanol–water partition coefficient (Wildman–Crippen LogP) is 3.62. The molecule has 1 saturated carbocycles. The largest absolute Gasteiger partial charge is 0.466 e. The Morgan fingerprint density at radius 1 is 1.21 bits per heavy atom. The first kappa shape index (κ1) is 16.5. The van der Waals surface area contributed by atoms with Crippen LogP contribution in [0.25, 0.3) is 0 Å². The minimum atomic E-state index is -0.0188. The Hall–Kier alpha value is -0.570. The van der Waals surface area contributed by atoms with Gasteiger partial charge in [0.05, 0.1) is 13.0 Å². The highest BCUT2D eigenvalue weighted by Gasteiger charge is 2.45. The molecule has 0 amide bonds. The summed E-state index contributed by atoms with van der Waals surface area (Å²) in [4.78, 5) is 14.6. The Kier molecular flexibility index (Phi) is 6.84. The lowest BCUT2D eigenvalue weighted by Gasteiger charge is -2.50. The quantitative estimate of drug-likeness (QED) is 0.661. The lowest BCUT2D eigenvalue weighted by Crippen LogP contribution is -2.56. The first-order valence-electron chi connectivity index (χ1n) is 8.05. The molecule has 0 heterocycles. The van der Waals surface area contributed by atoms with E-state index in [9.17, 15) is 4.79 Å². The van der Waals surface area contributed by atoms with Gasteiger partial charge in [-0.1, -0.05) is 40.0 Å². The van der Waals surface area contributed by atoms with Crippen molar-refractivity contribution in [2.45, 2.75) is 71.8 Å². The molecule has 0 saturated heterocycles. The SMILES string of the molecule is CCOC(=O)CC1(N(CC)CC)CCCCC1CC. The molecule has 2 atom stereocenters. The van der Waals surface area contributed by atoms with Gasteiger partial charge in [-0.3, -0.25) is 9.69 Å². The van der Waals surface area contributed by atoms with Crippen molar-refractivity contribution in [3.05, 3.63) is 0 Å².